The highest BCUT2D eigenvalue weighted by Gasteiger charge is 2.06. The van der Waals surface area contributed by atoms with Gasteiger partial charge in [-0.1, -0.05) is 0 Å². The standard InChI is InChI=1S/C17H25N5O2/c1-18-17(20-12-14-8-10-21-22(14)2)19-9-7-13-11-15(23-3)5-6-16(13)24-4/h5-6,8,10-11H,7,9,12H2,1-4H3,(H2,18,19,20). The Bertz CT molecular complexity index is 681. The largest absolute Gasteiger partial charge is 0.497 e. The zero-order valence-corrected chi connectivity index (χ0v) is 14.7. The number of ether oxygens (including phenoxy) is 2. The molecule has 0 unspecified atom stereocenters. The third kappa shape index (κ3) is 4.65. The van der Waals surface area contributed by atoms with Crippen LogP contribution in [0.5, 0.6) is 11.5 Å². The molecule has 130 valence electrons. The van der Waals surface area contributed by atoms with Crippen molar-refractivity contribution in [1.29, 1.82) is 0 Å². The van der Waals surface area contributed by atoms with Crippen LogP contribution in [0.25, 0.3) is 0 Å². The summed E-state index contributed by atoms with van der Waals surface area (Å²) in [6.07, 6.45) is 2.58. The summed E-state index contributed by atoms with van der Waals surface area (Å²) in [5.74, 6) is 2.43. The predicted molar refractivity (Wildman–Crippen MR) is 94.7 cm³/mol. The zero-order valence-electron chi connectivity index (χ0n) is 14.7. The van der Waals surface area contributed by atoms with Gasteiger partial charge in [-0.2, -0.15) is 5.10 Å². The first-order valence-electron chi connectivity index (χ1n) is 7.80. The number of aromatic nitrogens is 2. The Kier molecular flexibility index (Phi) is 6.48. The van der Waals surface area contributed by atoms with Crippen molar-refractivity contribution in [2.45, 2.75) is 13.0 Å². The number of aliphatic imine (C=N–C) groups is 1. The lowest BCUT2D eigenvalue weighted by atomic mass is 10.1. The van der Waals surface area contributed by atoms with E-state index in [0.29, 0.717) is 6.54 Å². The first-order chi connectivity index (χ1) is 11.7. The fourth-order valence-electron chi connectivity index (χ4n) is 2.36. The maximum absolute atomic E-state index is 5.40. The van der Waals surface area contributed by atoms with E-state index in [9.17, 15) is 0 Å². The molecule has 7 nitrogen and oxygen atoms in total. The van der Waals surface area contributed by atoms with Gasteiger partial charge in [-0.05, 0) is 36.2 Å². The summed E-state index contributed by atoms with van der Waals surface area (Å²) in [6, 6.07) is 7.78. The molecule has 0 aliphatic heterocycles. The van der Waals surface area contributed by atoms with Crippen molar-refractivity contribution in [3.8, 4) is 11.5 Å². The van der Waals surface area contributed by atoms with Crippen LogP contribution in [0.4, 0.5) is 0 Å². The van der Waals surface area contributed by atoms with Gasteiger partial charge in [0, 0.05) is 26.8 Å². The fraction of sp³-hybridized carbons (Fsp3) is 0.412. The van der Waals surface area contributed by atoms with Crippen molar-refractivity contribution in [2.75, 3.05) is 27.8 Å². The van der Waals surface area contributed by atoms with E-state index in [1.807, 2.05) is 36.0 Å². The van der Waals surface area contributed by atoms with Gasteiger partial charge >= 0.3 is 0 Å². The zero-order chi connectivity index (χ0) is 17.4. The van der Waals surface area contributed by atoms with Crippen LogP contribution in [-0.4, -0.2) is 43.6 Å². The van der Waals surface area contributed by atoms with Crippen LogP contribution in [0.2, 0.25) is 0 Å². The molecule has 1 heterocycles. The predicted octanol–water partition coefficient (Wildman–Crippen LogP) is 1.34. The number of guanidine groups is 1. The Labute approximate surface area is 142 Å². The molecule has 1 aromatic carbocycles. The third-order valence-electron chi connectivity index (χ3n) is 3.76. The number of nitrogens with zero attached hydrogens (tertiary/aromatic N) is 3. The summed E-state index contributed by atoms with van der Waals surface area (Å²) in [5.41, 5.74) is 2.18. The number of hydrogen-bond donors (Lipinski definition) is 2. The minimum Gasteiger partial charge on any atom is -0.497 e. The molecular weight excluding hydrogens is 306 g/mol. The van der Waals surface area contributed by atoms with Gasteiger partial charge in [0.05, 0.1) is 26.5 Å². The summed E-state index contributed by atoms with van der Waals surface area (Å²) in [5, 5.41) is 10.7. The Balaban J connectivity index is 1.87. The Morgan fingerprint density at radius 1 is 1.21 bits per heavy atom. The lowest BCUT2D eigenvalue weighted by Gasteiger charge is -2.14. The first kappa shape index (κ1) is 17.7. The molecule has 2 rings (SSSR count). The molecule has 0 fully saturated rings. The van der Waals surface area contributed by atoms with Gasteiger partial charge in [-0.25, -0.2) is 0 Å². The van der Waals surface area contributed by atoms with E-state index in [0.717, 1.165) is 41.7 Å². The van der Waals surface area contributed by atoms with Gasteiger partial charge in [-0.3, -0.25) is 9.67 Å². The van der Waals surface area contributed by atoms with Crippen molar-refractivity contribution in [1.82, 2.24) is 20.4 Å². The summed E-state index contributed by atoms with van der Waals surface area (Å²) in [6.45, 7) is 1.40. The summed E-state index contributed by atoms with van der Waals surface area (Å²) < 4.78 is 12.5. The highest BCUT2D eigenvalue weighted by molar-refractivity contribution is 5.79. The number of nitrogens with one attached hydrogen (secondary N) is 2. The second-order valence-electron chi connectivity index (χ2n) is 5.23. The Hall–Kier alpha value is -2.70. The summed E-state index contributed by atoms with van der Waals surface area (Å²) in [7, 11) is 7.01. The van der Waals surface area contributed by atoms with E-state index in [-0.39, 0.29) is 0 Å². The van der Waals surface area contributed by atoms with Crippen molar-refractivity contribution >= 4 is 5.96 Å². The highest BCUT2D eigenvalue weighted by Crippen LogP contribution is 2.24. The minimum absolute atomic E-state index is 0.665. The molecule has 0 saturated carbocycles. The molecule has 0 aliphatic rings. The van der Waals surface area contributed by atoms with Crippen LogP contribution in [0.15, 0.2) is 35.5 Å². The third-order valence-corrected chi connectivity index (χ3v) is 3.76. The van der Waals surface area contributed by atoms with Crippen LogP contribution in [0.1, 0.15) is 11.3 Å². The molecule has 2 N–H and O–H groups in total. The van der Waals surface area contributed by atoms with Crippen LogP contribution in [-0.2, 0) is 20.0 Å². The fourth-order valence-corrected chi connectivity index (χ4v) is 2.36. The van der Waals surface area contributed by atoms with Crippen LogP contribution in [0, 0.1) is 0 Å². The molecule has 0 spiro atoms. The SMILES string of the molecule is CN=C(NCCc1cc(OC)ccc1OC)NCc1ccnn1C. The number of hydrogen-bond acceptors (Lipinski definition) is 4. The molecule has 0 bridgehead atoms. The molecule has 0 atom stereocenters. The van der Waals surface area contributed by atoms with Gasteiger partial charge in [0.15, 0.2) is 5.96 Å². The topological polar surface area (TPSA) is 72.7 Å². The van der Waals surface area contributed by atoms with Gasteiger partial charge in [0.1, 0.15) is 11.5 Å². The average molecular weight is 331 g/mol. The van der Waals surface area contributed by atoms with Gasteiger partial charge in [-0.15, -0.1) is 0 Å². The summed E-state index contributed by atoms with van der Waals surface area (Å²) in [4.78, 5) is 4.23. The van der Waals surface area contributed by atoms with Crippen LogP contribution >= 0.6 is 0 Å². The lowest BCUT2D eigenvalue weighted by Crippen LogP contribution is -2.38. The van der Waals surface area contributed by atoms with Crippen molar-refractivity contribution in [3.63, 3.8) is 0 Å². The van der Waals surface area contributed by atoms with Crippen molar-refractivity contribution < 1.29 is 9.47 Å². The number of methoxy groups -OCH3 is 2. The average Bonchev–Trinajstić information content (AvgIpc) is 3.02. The second-order valence-corrected chi connectivity index (χ2v) is 5.23. The van der Waals surface area contributed by atoms with E-state index in [4.69, 9.17) is 9.47 Å². The second kappa shape index (κ2) is 8.81. The van der Waals surface area contributed by atoms with E-state index in [1.165, 1.54) is 0 Å². The molecule has 2 aromatic rings. The molecule has 24 heavy (non-hydrogen) atoms. The highest BCUT2D eigenvalue weighted by atomic mass is 16.5. The van der Waals surface area contributed by atoms with Crippen LogP contribution in [0.3, 0.4) is 0 Å². The Morgan fingerprint density at radius 2 is 2.04 bits per heavy atom. The van der Waals surface area contributed by atoms with E-state index < -0.39 is 0 Å². The normalized spacial score (nSPS) is 11.2. The van der Waals surface area contributed by atoms with Crippen molar-refractivity contribution in [3.05, 3.63) is 41.7 Å². The minimum atomic E-state index is 0.665. The van der Waals surface area contributed by atoms with Gasteiger partial charge in [0.25, 0.3) is 0 Å². The first-order valence-corrected chi connectivity index (χ1v) is 7.80. The van der Waals surface area contributed by atoms with E-state index in [2.05, 4.69) is 20.7 Å². The number of benzene rings is 1. The lowest BCUT2D eigenvalue weighted by molar-refractivity contribution is 0.398. The molecule has 0 radical (unpaired) electrons. The number of rotatable bonds is 7. The molecule has 0 saturated heterocycles. The van der Waals surface area contributed by atoms with E-state index in [1.54, 1.807) is 27.5 Å². The summed E-state index contributed by atoms with van der Waals surface area (Å²) >= 11 is 0. The smallest absolute Gasteiger partial charge is 0.191 e. The maximum atomic E-state index is 5.40. The van der Waals surface area contributed by atoms with Gasteiger partial charge in [0.2, 0.25) is 0 Å². The molecule has 0 aliphatic carbocycles. The number of aryl methyl sites for hydroxylation is 1. The van der Waals surface area contributed by atoms with Gasteiger partial charge < -0.3 is 20.1 Å². The molecule has 7 heteroatoms. The van der Waals surface area contributed by atoms with Crippen molar-refractivity contribution in [2.24, 2.45) is 12.0 Å². The quantitative estimate of drug-likeness (QED) is 0.592. The molecular formula is C17H25N5O2. The Morgan fingerprint density at radius 3 is 2.67 bits per heavy atom. The molecule has 0 amide bonds. The maximum Gasteiger partial charge on any atom is 0.191 e. The van der Waals surface area contributed by atoms with E-state index >= 15 is 0 Å². The monoisotopic (exact) mass is 331 g/mol. The molecule has 1 aromatic heterocycles. The van der Waals surface area contributed by atoms with Crippen LogP contribution < -0.4 is 20.1 Å².